The molecule has 1 aromatic heterocycles. The molecule has 1 heterocycles. The van der Waals surface area contributed by atoms with Crippen LogP contribution in [0.2, 0.25) is 0 Å². The molecule has 2 unspecified atom stereocenters. The first-order valence-corrected chi connectivity index (χ1v) is 5.79. The summed E-state index contributed by atoms with van der Waals surface area (Å²) in [5, 5.41) is 18.4. The van der Waals surface area contributed by atoms with Crippen molar-refractivity contribution >= 4 is 6.09 Å². The summed E-state index contributed by atoms with van der Waals surface area (Å²) in [6, 6.07) is -0.375. The fraction of sp³-hybridized carbons (Fsp3) is 0.727. The highest BCUT2D eigenvalue weighted by molar-refractivity contribution is 5.68. The van der Waals surface area contributed by atoms with Crippen molar-refractivity contribution in [1.82, 2.24) is 20.5 Å². The summed E-state index contributed by atoms with van der Waals surface area (Å²) in [7, 11) is 0. The standard InChI is InChI=1S/C11H20N4O3/c1-6(12-10(17)18-11(3,4)5)8-13-9(7(2)16)15-14-8/h6-7,16H,1-5H3,(H,12,17)(H,13,14,15). The van der Waals surface area contributed by atoms with E-state index in [4.69, 9.17) is 4.74 Å². The van der Waals surface area contributed by atoms with Crippen molar-refractivity contribution in [2.45, 2.75) is 52.4 Å². The number of ether oxygens (including phenoxy) is 1. The lowest BCUT2D eigenvalue weighted by Crippen LogP contribution is -2.34. The second-order valence-corrected chi connectivity index (χ2v) is 5.12. The Balaban J connectivity index is 2.59. The highest BCUT2D eigenvalue weighted by Crippen LogP contribution is 2.12. The van der Waals surface area contributed by atoms with Crippen LogP contribution < -0.4 is 5.32 Å². The van der Waals surface area contributed by atoms with Crippen molar-refractivity contribution in [3.8, 4) is 0 Å². The Labute approximate surface area is 106 Å². The van der Waals surface area contributed by atoms with E-state index in [9.17, 15) is 9.90 Å². The van der Waals surface area contributed by atoms with Crippen LogP contribution in [0.1, 0.15) is 58.4 Å². The van der Waals surface area contributed by atoms with E-state index in [1.54, 1.807) is 34.6 Å². The first-order chi connectivity index (χ1) is 8.19. The molecule has 0 fully saturated rings. The predicted octanol–water partition coefficient (Wildman–Crippen LogP) is 1.44. The molecule has 2 atom stereocenters. The number of alkyl carbamates (subject to hydrolysis) is 1. The normalized spacial score (nSPS) is 15.0. The monoisotopic (exact) mass is 256 g/mol. The Morgan fingerprint density at radius 1 is 1.44 bits per heavy atom. The number of aliphatic hydroxyl groups is 1. The number of amides is 1. The van der Waals surface area contributed by atoms with E-state index in [-0.39, 0.29) is 6.04 Å². The summed E-state index contributed by atoms with van der Waals surface area (Å²) in [6.07, 6.45) is -1.27. The van der Waals surface area contributed by atoms with Gasteiger partial charge in [-0.15, -0.1) is 0 Å². The number of carbonyl (C=O) groups excluding carboxylic acids is 1. The fourth-order valence-electron chi connectivity index (χ4n) is 1.22. The van der Waals surface area contributed by atoms with Crippen LogP contribution in [0.4, 0.5) is 4.79 Å². The summed E-state index contributed by atoms with van der Waals surface area (Å²) in [5.41, 5.74) is -0.546. The molecular weight excluding hydrogens is 236 g/mol. The average Bonchev–Trinajstić information content (AvgIpc) is 2.62. The molecule has 102 valence electrons. The van der Waals surface area contributed by atoms with Crippen LogP contribution in [0.15, 0.2) is 0 Å². The van der Waals surface area contributed by atoms with Gasteiger partial charge in [-0.1, -0.05) is 0 Å². The van der Waals surface area contributed by atoms with E-state index in [2.05, 4.69) is 20.5 Å². The molecule has 0 saturated heterocycles. The minimum Gasteiger partial charge on any atom is -0.444 e. The van der Waals surface area contributed by atoms with E-state index in [1.165, 1.54) is 0 Å². The van der Waals surface area contributed by atoms with Crippen molar-refractivity contribution in [3.05, 3.63) is 11.6 Å². The molecule has 1 rings (SSSR count). The number of rotatable bonds is 3. The van der Waals surface area contributed by atoms with Crippen LogP contribution in [-0.4, -0.2) is 32.0 Å². The van der Waals surface area contributed by atoms with Gasteiger partial charge in [0.2, 0.25) is 0 Å². The number of nitrogens with zero attached hydrogens (tertiary/aromatic N) is 2. The molecular formula is C11H20N4O3. The number of H-pyrrole nitrogens is 1. The maximum atomic E-state index is 11.5. The topological polar surface area (TPSA) is 100 Å². The van der Waals surface area contributed by atoms with Gasteiger partial charge in [0, 0.05) is 0 Å². The Morgan fingerprint density at radius 2 is 2.06 bits per heavy atom. The van der Waals surface area contributed by atoms with Crippen molar-refractivity contribution in [2.24, 2.45) is 0 Å². The Morgan fingerprint density at radius 3 is 2.50 bits per heavy atom. The number of aliphatic hydroxyl groups excluding tert-OH is 1. The summed E-state index contributed by atoms with van der Waals surface area (Å²) in [6.45, 7) is 8.68. The fourth-order valence-corrected chi connectivity index (χ4v) is 1.22. The number of carbonyl (C=O) groups is 1. The molecule has 0 bridgehead atoms. The number of nitrogens with one attached hydrogen (secondary N) is 2. The minimum absolute atomic E-state index is 0.294. The zero-order valence-corrected chi connectivity index (χ0v) is 11.3. The van der Waals surface area contributed by atoms with Crippen molar-refractivity contribution in [3.63, 3.8) is 0 Å². The quantitative estimate of drug-likeness (QED) is 0.759. The minimum atomic E-state index is -0.747. The van der Waals surface area contributed by atoms with E-state index >= 15 is 0 Å². The van der Waals surface area contributed by atoms with E-state index in [0.29, 0.717) is 11.6 Å². The van der Waals surface area contributed by atoms with Crippen molar-refractivity contribution in [1.29, 1.82) is 0 Å². The summed E-state index contributed by atoms with van der Waals surface area (Å²) < 4.78 is 5.12. The van der Waals surface area contributed by atoms with Crippen LogP contribution in [-0.2, 0) is 4.74 Å². The second-order valence-electron chi connectivity index (χ2n) is 5.12. The van der Waals surface area contributed by atoms with Crippen LogP contribution >= 0.6 is 0 Å². The molecule has 7 heteroatoms. The Kier molecular flexibility index (Phi) is 4.28. The van der Waals surface area contributed by atoms with Gasteiger partial charge in [0.15, 0.2) is 5.82 Å². The molecule has 0 aliphatic rings. The second kappa shape index (κ2) is 5.34. The average molecular weight is 256 g/mol. The number of hydrogen-bond donors (Lipinski definition) is 3. The van der Waals surface area contributed by atoms with Gasteiger partial charge in [0.05, 0.1) is 6.04 Å². The molecule has 0 saturated carbocycles. The number of aromatic nitrogens is 3. The molecule has 1 aromatic rings. The molecule has 0 aliphatic carbocycles. The smallest absolute Gasteiger partial charge is 0.408 e. The molecule has 0 radical (unpaired) electrons. The van der Waals surface area contributed by atoms with Gasteiger partial charge in [-0.3, -0.25) is 5.10 Å². The summed E-state index contributed by atoms with van der Waals surface area (Å²) in [4.78, 5) is 15.6. The first-order valence-electron chi connectivity index (χ1n) is 5.79. The molecule has 18 heavy (non-hydrogen) atoms. The Bertz CT molecular complexity index is 409. The van der Waals surface area contributed by atoms with Crippen LogP contribution in [0.5, 0.6) is 0 Å². The number of aromatic amines is 1. The third-order valence-corrected chi connectivity index (χ3v) is 2.04. The van der Waals surface area contributed by atoms with Crippen molar-refractivity contribution in [2.75, 3.05) is 0 Å². The molecule has 0 aliphatic heterocycles. The van der Waals surface area contributed by atoms with Gasteiger partial charge in [0.1, 0.15) is 17.5 Å². The lowest BCUT2D eigenvalue weighted by Gasteiger charge is -2.21. The predicted molar refractivity (Wildman–Crippen MR) is 64.8 cm³/mol. The molecule has 3 N–H and O–H groups in total. The summed E-state index contributed by atoms with van der Waals surface area (Å²) >= 11 is 0. The summed E-state index contributed by atoms with van der Waals surface area (Å²) in [5.74, 6) is 0.764. The lowest BCUT2D eigenvalue weighted by atomic mass is 10.2. The van der Waals surface area contributed by atoms with Crippen LogP contribution in [0.3, 0.4) is 0 Å². The number of hydrogen-bond acceptors (Lipinski definition) is 5. The van der Waals surface area contributed by atoms with Gasteiger partial charge in [-0.05, 0) is 34.6 Å². The Hall–Kier alpha value is -1.63. The van der Waals surface area contributed by atoms with E-state index in [0.717, 1.165) is 0 Å². The first kappa shape index (κ1) is 14.4. The third-order valence-electron chi connectivity index (χ3n) is 2.04. The highest BCUT2D eigenvalue weighted by atomic mass is 16.6. The largest absolute Gasteiger partial charge is 0.444 e. The van der Waals surface area contributed by atoms with Gasteiger partial charge in [0.25, 0.3) is 0 Å². The van der Waals surface area contributed by atoms with Gasteiger partial charge in [-0.25, -0.2) is 9.78 Å². The molecule has 1 amide bonds. The van der Waals surface area contributed by atoms with Gasteiger partial charge >= 0.3 is 6.09 Å². The lowest BCUT2D eigenvalue weighted by molar-refractivity contribution is 0.0506. The molecule has 0 aromatic carbocycles. The van der Waals surface area contributed by atoms with Gasteiger partial charge in [-0.2, -0.15) is 5.10 Å². The van der Waals surface area contributed by atoms with Gasteiger partial charge < -0.3 is 15.2 Å². The van der Waals surface area contributed by atoms with Crippen LogP contribution in [0.25, 0.3) is 0 Å². The van der Waals surface area contributed by atoms with E-state index < -0.39 is 17.8 Å². The zero-order chi connectivity index (χ0) is 13.9. The maximum Gasteiger partial charge on any atom is 0.408 e. The molecule has 0 spiro atoms. The van der Waals surface area contributed by atoms with Crippen LogP contribution in [0, 0.1) is 0 Å². The zero-order valence-electron chi connectivity index (χ0n) is 11.3. The van der Waals surface area contributed by atoms with Crippen molar-refractivity contribution < 1.29 is 14.6 Å². The molecule has 7 nitrogen and oxygen atoms in total. The third kappa shape index (κ3) is 4.33. The SMILES string of the molecule is CC(O)c1n[nH]c(C(C)NC(=O)OC(C)(C)C)n1. The maximum absolute atomic E-state index is 11.5. The highest BCUT2D eigenvalue weighted by Gasteiger charge is 2.20. The van der Waals surface area contributed by atoms with E-state index in [1.807, 2.05) is 0 Å².